The van der Waals surface area contributed by atoms with Crippen LogP contribution in [0.2, 0.25) is 0 Å². The van der Waals surface area contributed by atoms with Gasteiger partial charge in [0.1, 0.15) is 5.82 Å². The normalized spacial score (nSPS) is 17.0. The maximum absolute atomic E-state index is 11.1. The average Bonchev–Trinajstić information content (AvgIpc) is 3.11. The summed E-state index contributed by atoms with van der Waals surface area (Å²) in [5, 5.41) is 2.80. The lowest BCUT2D eigenvalue weighted by atomic mass is 10.2. The number of nitrogens with zero attached hydrogens (tertiary/aromatic N) is 5. The molecule has 144 valence electrons. The van der Waals surface area contributed by atoms with Gasteiger partial charge in [0.25, 0.3) is 0 Å². The number of hydrogen-bond acceptors (Lipinski definition) is 6. The Balaban J connectivity index is 1.58. The van der Waals surface area contributed by atoms with Crippen LogP contribution in [0.15, 0.2) is 36.5 Å². The van der Waals surface area contributed by atoms with Gasteiger partial charge < -0.3 is 15.1 Å². The third kappa shape index (κ3) is 4.95. The molecular formula is C20H28N6O. The van der Waals surface area contributed by atoms with Crippen molar-refractivity contribution in [1.82, 2.24) is 14.9 Å². The zero-order valence-corrected chi connectivity index (χ0v) is 16.5. The molecule has 1 aromatic heterocycles. The van der Waals surface area contributed by atoms with Gasteiger partial charge in [-0.15, -0.1) is 0 Å². The van der Waals surface area contributed by atoms with Crippen LogP contribution in [-0.2, 0) is 11.3 Å². The second-order valence-electron chi connectivity index (χ2n) is 7.28. The molecule has 1 amide bonds. The molecule has 1 atom stereocenters. The highest BCUT2D eigenvalue weighted by atomic mass is 16.1. The number of hydrogen-bond donors (Lipinski definition) is 1. The van der Waals surface area contributed by atoms with Crippen molar-refractivity contribution in [2.24, 2.45) is 0 Å². The number of aromatic nitrogens is 2. The Morgan fingerprint density at radius 2 is 1.96 bits per heavy atom. The summed E-state index contributed by atoms with van der Waals surface area (Å²) < 4.78 is 0. The van der Waals surface area contributed by atoms with Gasteiger partial charge in [-0.05, 0) is 30.2 Å². The second-order valence-corrected chi connectivity index (χ2v) is 7.28. The van der Waals surface area contributed by atoms with Gasteiger partial charge in [-0.3, -0.25) is 9.69 Å². The quantitative estimate of drug-likeness (QED) is 0.843. The molecule has 3 rings (SSSR count). The SMILES string of the molecule is CC(=O)Nc1ccc(CN2CCC(N(C)c3nccc(N(C)C)n3)C2)cc1. The molecule has 27 heavy (non-hydrogen) atoms. The van der Waals surface area contributed by atoms with Crippen LogP contribution in [0, 0.1) is 0 Å². The molecule has 0 saturated carbocycles. The molecule has 2 heterocycles. The van der Waals surface area contributed by atoms with Gasteiger partial charge in [0.2, 0.25) is 11.9 Å². The van der Waals surface area contributed by atoms with Crippen LogP contribution in [0.1, 0.15) is 18.9 Å². The summed E-state index contributed by atoms with van der Waals surface area (Å²) in [6, 6.07) is 10.4. The molecule has 1 N–H and O–H groups in total. The predicted octanol–water partition coefficient (Wildman–Crippen LogP) is 2.21. The van der Waals surface area contributed by atoms with E-state index in [2.05, 4.69) is 44.3 Å². The van der Waals surface area contributed by atoms with Crippen molar-refractivity contribution in [1.29, 1.82) is 0 Å². The maximum Gasteiger partial charge on any atom is 0.227 e. The summed E-state index contributed by atoms with van der Waals surface area (Å²) in [5.41, 5.74) is 2.08. The van der Waals surface area contributed by atoms with Gasteiger partial charge in [-0.25, -0.2) is 4.98 Å². The van der Waals surface area contributed by atoms with E-state index in [9.17, 15) is 4.79 Å². The molecule has 2 aromatic rings. The standard InChI is InChI=1S/C20H28N6O/c1-15(27)22-17-7-5-16(6-8-17)13-26-12-10-18(14-26)25(4)20-21-11-9-19(23-20)24(2)3/h5-9,11,18H,10,12-14H2,1-4H3,(H,22,27). The topological polar surface area (TPSA) is 64.6 Å². The highest BCUT2D eigenvalue weighted by Crippen LogP contribution is 2.22. The Morgan fingerprint density at radius 3 is 2.63 bits per heavy atom. The fraction of sp³-hybridized carbons (Fsp3) is 0.450. The number of amides is 1. The lowest BCUT2D eigenvalue weighted by molar-refractivity contribution is -0.114. The van der Waals surface area contributed by atoms with Gasteiger partial charge in [0.15, 0.2) is 0 Å². The first-order valence-electron chi connectivity index (χ1n) is 9.24. The minimum Gasteiger partial charge on any atom is -0.363 e. The van der Waals surface area contributed by atoms with E-state index in [0.717, 1.165) is 43.5 Å². The number of nitrogens with one attached hydrogen (secondary N) is 1. The number of likely N-dealkylation sites (N-methyl/N-ethyl adjacent to an activating group) is 1. The van der Waals surface area contributed by atoms with Crippen LogP contribution >= 0.6 is 0 Å². The Morgan fingerprint density at radius 1 is 1.22 bits per heavy atom. The average molecular weight is 368 g/mol. The molecule has 1 unspecified atom stereocenters. The van der Waals surface area contributed by atoms with Crippen molar-refractivity contribution in [3.05, 3.63) is 42.1 Å². The fourth-order valence-electron chi connectivity index (χ4n) is 3.35. The number of rotatable bonds is 6. The second kappa shape index (κ2) is 8.35. The van der Waals surface area contributed by atoms with E-state index in [4.69, 9.17) is 0 Å². The number of carbonyl (C=O) groups is 1. The van der Waals surface area contributed by atoms with E-state index in [1.807, 2.05) is 43.4 Å². The summed E-state index contributed by atoms with van der Waals surface area (Å²) in [5.74, 6) is 1.64. The van der Waals surface area contributed by atoms with E-state index < -0.39 is 0 Å². The van der Waals surface area contributed by atoms with Crippen LogP contribution in [0.5, 0.6) is 0 Å². The first-order valence-corrected chi connectivity index (χ1v) is 9.24. The van der Waals surface area contributed by atoms with E-state index >= 15 is 0 Å². The summed E-state index contributed by atoms with van der Waals surface area (Å²) in [7, 11) is 6.05. The van der Waals surface area contributed by atoms with E-state index in [1.165, 1.54) is 12.5 Å². The number of benzene rings is 1. The molecule has 0 bridgehead atoms. The van der Waals surface area contributed by atoms with Crippen molar-refractivity contribution in [2.45, 2.75) is 25.9 Å². The van der Waals surface area contributed by atoms with Crippen molar-refractivity contribution in [2.75, 3.05) is 49.3 Å². The number of likely N-dealkylation sites (tertiary alicyclic amines) is 1. The van der Waals surface area contributed by atoms with Crippen molar-refractivity contribution >= 4 is 23.4 Å². The van der Waals surface area contributed by atoms with Crippen LogP contribution in [0.3, 0.4) is 0 Å². The lowest BCUT2D eigenvalue weighted by Crippen LogP contribution is -2.35. The molecule has 1 aliphatic heterocycles. The summed E-state index contributed by atoms with van der Waals surface area (Å²) in [4.78, 5) is 26.8. The van der Waals surface area contributed by atoms with Crippen LogP contribution in [-0.4, -0.2) is 61.0 Å². The Hall–Kier alpha value is -2.67. The smallest absolute Gasteiger partial charge is 0.227 e. The van der Waals surface area contributed by atoms with Crippen LogP contribution in [0.4, 0.5) is 17.5 Å². The Bertz CT molecular complexity index is 776. The van der Waals surface area contributed by atoms with Crippen LogP contribution < -0.4 is 15.1 Å². The molecule has 1 aliphatic rings. The highest BCUT2D eigenvalue weighted by Gasteiger charge is 2.27. The monoisotopic (exact) mass is 368 g/mol. The summed E-state index contributed by atoms with van der Waals surface area (Å²) >= 11 is 0. The van der Waals surface area contributed by atoms with E-state index in [1.54, 1.807) is 0 Å². The van der Waals surface area contributed by atoms with Crippen molar-refractivity contribution in [3.63, 3.8) is 0 Å². The minimum atomic E-state index is -0.0475. The van der Waals surface area contributed by atoms with Gasteiger partial charge in [-0.1, -0.05) is 12.1 Å². The molecule has 1 fully saturated rings. The molecule has 0 aliphatic carbocycles. The number of carbonyl (C=O) groups excluding carboxylic acids is 1. The van der Waals surface area contributed by atoms with Crippen LogP contribution in [0.25, 0.3) is 0 Å². The van der Waals surface area contributed by atoms with E-state index in [-0.39, 0.29) is 5.91 Å². The predicted molar refractivity (Wildman–Crippen MR) is 109 cm³/mol. The first kappa shape index (κ1) is 19.1. The van der Waals surface area contributed by atoms with E-state index in [0.29, 0.717) is 6.04 Å². The van der Waals surface area contributed by atoms with Gasteiger partial charge >= 0.3 is 0 Å². The number of anilines is 3. The third-order valence-electron chi connectivity index (χ3n) is 4.88. The molecule has 1 aromatic carbocycles. The molecule has 0 spiro atoms. The Kier molecular flexibility index (Phi) is 5.91. The maximum atomic E-state index is 11.1. The largest absolute Gasteiger partial charge is 0.363 e. The minimum absolute atomic E-state index is 0.0475. The molecule has 1 saturated heterocycles. The third-order valence-corrected chi connectivity index (χ3v) is 4.88. The first-order chi connectivity index (χ1) is 12.9. The molecular weight excluding hydrogens is 340 g/mol. The lowest BCUT2D eigenvalue weighted by Gasteiger charge is -2.25. The zero-order valence-electron chi connectivity index (χ0n) is 16.5. The summed E-state index contributed by atoms with van der Waals surface area (Å²) in [6.07, 6.45) is 2.91. The highest BCUT2D eigenvalue weighted by molar-refractivity contribution is 5.88. The molecule has 0 radical (unpaired) electrons. The van der Waals surface area contributed by atoms with Crippen molar-refractivity contribution < 1.29 is 4.79 Å². The van der Waals surface area contributed by atoms with Gasteiger partial charge in [-0.2, -0.15) is 4.98 Å². The molecule has 7 heteroatoms. The fourth-order valence-corrected chi connectivity index (χ4v) is 3.35. The van der Waals surface area contributed by atoms with Gasteiger partial charge in [0, 0.05) is 65.6 Å². The van der Waals surface area contributed by atoms with Gasteiger partial charge in [0.05, 0.1) is 0 Å². The summed E-state index contributed by atoms with van der Waals surface area (Å²) in [6.45, 7) is 4.46. The zero-order chi connectivity index (χ0) is 19.4. The Labute approximate surface area is 161 Å². The molecule has 7 nitrogen and oxygen atoms in total. The van der Waals surface area contributed by atoms with Crippen molar-refractivity contribution in [3.8, 4) is 0 Å².